The summed E-state index contributed by atoms with van der Waals surface area (Å²) in [6, 6.07) is 10.5. The van der Waals surface area contributed by atoms with E-state index in [4.69, 9.17) is 11.6 Å². The van der Waals surface area contributed by atoms with Gasteiger partial charge in [-0.3, -0.25) is 4.79 Å². The van der Waals surface area contributed by atoms with E-state index in [1.165, 1.54) is 12.1 Å². The van der Waals surface area contributed by atoms with Crippen molar-refractivity contribution >= 4 is 17.4 Å². The Bertz CT molecular complexity index is 649. The number of ketones is 1. The fourth-order valence-electron chi connectivity index (χ4n) is 2.14. The summed E-state index contributed by atoms with van der Waals surface area (Å²) in [6.45, 7) is 4.00. The Balaban J connectivity index is 2.09. The molecule has 0 atom stereocenters. The van der Waals surface area contributed by atoms with Gasteiger partial charge in [0.05, 0.1) is 5.02 Å². The first kappa shape index (κ1) is 14.7. The minimum Gasteiger partial charge on any atom is -0.299 e. The summed E-state index contributed by atoms with van der Waals surface area (Å²) in [7, 11) is 0. The zero-order valence-corrected chi connectivity index (χ0v) is 12.3. The van der Waals surface area contributed by atoms with Gasteiger partial charge in [0.15, 0.2) is 0 Å². The zero-order valence-electron chi connectivity index (χ0n) is 11.5. The zero-order chi connectivity index (χ0) is 14.7. The Labute approximate surface area is 123 Å². The van der Waals surface area contributed by atoms with Gasteiger partial charge in [-0.15, -0.1) is 0 Å². The monoisotopic (exact) mass is 290 g/mol. The first-order valence-corrected chi connectivity index (χ1v) is 6.85. The summed E-state index contributed by atoms with van der Waals surface area (Å²) in [5.74, 6) is -0.362. The van der Waals surface area contributed by atoms with Crippen LogP contribution in [0.5, 0.6) is 0 Å². The number of hydrogen-bond donors (Lipinski definition) is 0. The quantitative estimate of drug-likeness (QED) is 0.813. The molecule has 2 rings (SSSR count). The number of carbonyl (C=O) groups excluding carboxylic acids is 1. The molecular weight excluding hydrogens is 275 g/mol. The van der Waals surface area contributed by atoms with Crippen molar-refractivity contribution in [3.8, 4) is 0 Å². The van der Waals surface area contributed by atoms with Gasteiger partial charge in [0, 0.05) is 12.8 Å². The first-order valence-electron chi connectivity index (χ1n) is 6.47. The van der Waals surface area contributed by atoms with E-state index < -0.39 is 5.82 Å². The molecule has 0 aromatic heterocycles. The highest BCUT2D eigenvalue weighted by Gasteiger charge is 2.09. The van der Waals surface area contributed by atoms with Crippen LogP contribution in [0.2, 0.25) is 5.02 Å². The average Bonchev–Trinajstić information content (AvgIpc) is 2.38. The summed E-state index contributed by atoms with van der Waals surface area (Å²) in [6.07, 6.45) is 0.663. The summed E-state index contributed by atoms with van der Waals surface area (Å²) < 4.78 is 13.1. The molecule has 0 heterocycles. The molecule has 2 aromatic carbocycles. The molecular formula is C17H16ClFO. The van der Waals surface area contributed by atoms with Gasteiger partial charge in [0.1, 0.15) is 11.6 Å². The van der Waals surface area contributed by atoms with E-state index in [-0.39, 0.29) is 17.2 Å². The minimum absolute atomic E-state index is 0.0574. The fraction of sp³-hybridized carbons (Fsp3) is 0.235. The van der Waals surface area contributed by atoms with E-state index in [0.717, 1.165) is 22.3 Å². The lowest BCUT2D eigenvalue weighted by atomic mass is 9.98. The third kappa shape index (κ3) is 3.67. The number of halogens is 2. The van der Waals surface area contributed by atoms with Crippen LogP contribution in [0.25, 0.3) is 0 Å². The minimum atomic E-state index is -0.461. The highest BCUT2D eigenvalue weighted by atomic mass is 35.5. The van der Waals surface area contributed by atoms with E-state index in [0.29, 0.717) is 6.42 Å². The van der Waals surface area contributed by atoms with Crippen LogP contribution in [-0.4, -0.2) is 5.78 Å². The Morgan fingerprint density at radius 2 is 1.85 bits per heavy atom. The molecule has 0 radical (unpaired) electrons. The molecule has 0 aliphatic rings. The third-order valence-electron chi connectivity index (χ3n) is 3.28. The van der Waals surface area contributed by atoms with Crippen molar-refractivity contribution in [2.45, 2.75) is 26.7 Å². The Hall–Kier alpha value is -1.67. The van der Waals surface area contributed by atoms with E-state index in [1.807, 2.05) is 32.0 Å². The summed E-state index contributed by atoms with van der Waals surface area (Å²) in [4.78, 5) is 12.1. The summed E-state index contributed by atoms with van der Waals surface area (Å²) in [5, 5.41) is 0.0574. The standard InChI is InChI=1S/C17H16ClFO/c1-11-3-4-12(2)14(7-11)10-15(20)8-13-5-6-17(19)16(18)9-13/h3-7,9H,8,10H2,1-2H3. The van der Waals surface area contributed by atoms with Gasteiger partial charge in [-0.05, 0) is 42.7 Å². The Morgan fingerprint density at radius 3 is 2.55 bits per heavy atom. The molecule has 1 nitrogen and oxygen atoms in total. The summed E-state index contributed by atoms with van der Waals surface area (Å²) in [5.41, 5.74) is 4.04. The molecule has 0 aliphatic carbocycles. The van der Waals surface area contributed by atoms with Crippen molar-refractivity contribution in [3.63, 3.8) is 0 Å². The van der Waals surface area contributed by atoms with Crippen molar-refractivity contribution in [2.24, 2.45) is 0 Å². The molecule has 0 amide bonds. The first-order chi connectivity index (χ1) is 9.45. The van der Waals surface area contributed by atoms with Gasteiger partial charge in [-0.2, -0.15) is 0 Å². The second-order valence-corrected chi connectivity index (χ2v) is 5.48. The number of rotatable bonds is 4. The lowest BCUT2D eigenvalue weighted by Gasteiger charge is -2.07. The number of Topliss-reactive ketones (excluding diaryl/α,β-unsaturated/α-hetero) is 1. The van der Waals surface area contributed by atoms with Crippen LogP contribution in [0, 0.1) is 19.7 Å². The predicted molar refractivity (Wildman–Crippen MR) is 79.7 cm³/mol. The van der Waals surface area contributed by atoms with Crippen LogP contribution >= 0.6 is 11.6 Å². The van der Waals surface area contributed by atoms with E-state index in [1.54, 1.807) is 6.07 Å². The molecule has 2 aromatic rings. The maximum Gasteiger partial charge on any atom is 0.141 e. The van der Waals surface area contributed by atoms with Crippen molar-refractivity contribution in [1.82, 2.24) is 0 Å². The van der Waals surface area contributed by atoms with Crippen molar-refractivity contribution < 1.29 is 9.18 Å². The van der Waals surface area contributed by atoms with Gasteiger partial charge < -0.3 is 0 Å². The van der Waals surface area contributed by atoms with Crippen LogP contribution in [0.4, 0.5) is 4.39 Å². The number of hydrogen-bond acceptors (Lipinski definition) is 1. The molecule has 0 spiro atoms. The molecule has 0 saturated heterocycles. The maximum atomic E-state index is 13.1. The lowest BCUT2D eigenvalue weighted by molar-refractivity contribution is -0.117. The molecule has 0 bridgehead atoms. The molecule has 104 valence electrons. The summed E-state index contributed by atoms with van der Waals surface area (Å²) >= 11 is 5.72. The second kappa shape index (κ2) is 6.19. The van der Waals surface area contributed by atoms with Crippen LogP contribution in [0.3, 0.4) is 0 Å². The SMILES string of the molecule is Cc1ccc(C)c(CC(=O)Cc2ccc(F)c(Cl)c2)c1. The number of carbonyl (C=O) groups is 1. The third-order valence-corrected chi connectivity index (χ3v) is 3.57. The van der Waals surface area contributed by atoms with Crippen molar-refractivity contribution in [2.75, 3.05) is 0 Å². The molecule has 20 heavy (non-hydrogen) atoms. The van der Waals surface area contributed by atoms with E-state index in [2.05, 4.69) is 0 Å². The number of aryl methyl sites for hydroxylation is 2. The normalized spacial score (nSPS) is 10.6. The highest BCUT2D eigenvalue weighted by Crippen LogP contribution is 2.18. The predicted octanol–water partition coefficient (Wildman–Crippen LogP) is 4.45. The maximum absolute atomic E-state index is 13.1. The molecule has 0 saturated carbocycles. The van der Waals surface area contributed by atoms with Crippen LogP contribution in [0.1, 0.15) is 22.3 Å². The Kier molecular flexibility index (Phi) is 4.56. The van der Waals surface area contributed by atoms with Crippen LogP contribution in [0.15, 0.2) is 36.4 Å². The van der Waals surface area contributed by atoms with E-state index in [9.17, 15) is 9.18 Å². The average molecular weight is 291 g/mol. The van der Waals surface area contributed by atoms with Crippen LogP contribution < -0.4 is 0 Å². The molecule has 0 aliphatic heterocycles. The van der Waals surface area contributed by atoms with E-state index >= 15 is 0 Å². The van der Waals surface area contributed by atoms with Crippen molar-refractivity contribution in [3.05, 3.63) is 69.5 Å². The smallest absolute Gasteiger partial charge is 0.141 e. The lowest BCUT2D eigenvalue weighted by Crippen LogP contribution is -2.08. The topological polar surface area (TPSA) is 17.1 Å². The van der Waals surface area contributed by atoms with Gasteiger partial charge in [-0.25, -0.2) is 4.39 Å². The molecule has 0 N–H and O–H groups in total. The fourth-order valence-corrected chi connectivity index (χ4v) is 2.35. The molecule has 0 fully saturated rings. The van der Waals surface area contributed by atoms with Crippen LogP contribution in [-0.2, 0) is 17.6 Å². The van der Waals surface area contributed by atoms with Gasteiger partial charge in [-0.1, -0.05) is 41.4 Å². The van der Waals surface area contributed by atoms with Gasteiger partial charge >= 0.3 is 0 Å². The van der Waals surface area contributed by atoms with Gasteiger partial charge in [0.25, 0.3) is 0 Å². The number of benzene rings is 2. The molecule has 3 heteroatoms. The highest BCUT2D eigenvalue weighted by molar-refractivity contribution is 6.30. The molecule has 0 unspecified atom stereocenters. The van der Waals surface area contributed by atoms with Gasteiger partial charge in [0.2, 0.25) is 0 Å². The largest absolute Gasteiger partial charge is 0.299 e. The Morgan fingerprint density at radius 1 is 1.10 bits per heavy atom. The van der Waals surface area contributed by atoms with Crippen molar-refractivity contribution in [1.29, 1.82) is 0 Å². The second-order valence-electron chi connectivity index (χ2n) is 5.07.